The predicted molar refractivity (Wildman–Crippen MR) is 127 cm³/mol. The molecule has 162 valence electrons. The van der Waals surface area contributed by atoms with Crippen molar-refractivity contribution >= 4 is 66.5 Å². The van der Waals surface area contributed by atoms with E-state index in [-0.39, 0.29) is 10.6 Å². The third-order valence-electron chi connectivity index (χ3n) is 4.36. The molecule has 1 heterocycles. The van der Waals surface area contributed by atoms with Crippen molar-refractivity contribution < 1.29 is 14.3 Å². The van der Waals surface area contributed by atoms with Gasteiger partial charge in [0.25, 0.3) is 5.56 Å². The third kappa shape index (κ3) is 5.16. The Labute approximate surface area is 200 Å². The van der Waals surface area contributed by atoms with Gasteiger partial charge in [-0.1, -0.05) is 34.5 Å². The summed E-state index contributed by atoms with van der Waals surface area (Å²) >= 11 is 13.1. The second kappa shape index (κ2) is 9.93. The summed E-state index contributed by atoms with van der Waals surface area (Å²) in [5, 5.41) is 5.08. The molecule has 3 rings (SSSR count). The lowest BCUT2D eigenvalue weighted by atomic mass is 10.2. The van der Waals surface area contributed by atoms with Gasteiger partial charge in [0.05, 0.1) is 33.7 Å². The highest BCUT2D eigenvalue weighted by molar-refractivity contribution is 9.10. The summed E-state index contributed by atoms with van der Waals surface area (Å²) in [5.41, 5.74) is 0.971. The number of esters is 1. The average Bonchev–Trinajstić information content (AvgIpc) is 2.75. The highest BCUT2D eigenvalue weighted by Crippen LogP contribution is 2.35. The molecular weight excluding hydrogens is 554 g/mol. The van der Waals surface area contributed by atoms with Gasteiger partial charge in [0, 0.05) is 10.9 Å². The van der Waals surface area contributed by atoms with E-state index in [2.05, 4.69) is 46.7 Å². The number of aromatic nitrogens is 2. The molecule has 0 N–H and O–H groups in total. The number of ether oxygens (including phenoxy) is 2. The number of fused-ring (bicyclic) bond motifs is 1. The van der Waals surface area contributed by atoms with Crippen LogP contribution in [0.1, 0.15) is 25.2 Å². The highest BCUT2D eigenvalue weighted by Gasteiger charge is 2.19. The Bertz CT molecular complexity index is 1220. The molecule has 0 unspecified atom stereocenters. The molecule has 0 saturated carbocycles. The molecule has 0 aliphatic heterocycles. The van der Waals surface area contributed by atoms with E-state index >= 15 is 0 Å². The fourth-order valence-electron chi connectivity index (χ4n) is 2.82. The molecule has 7 nitrogen and oxygen atoms in total. The van der Waals surface area contributed by atoms with Gasteiger partial charge in [-0.3, -0.25) is 4.79 Å². The minimum absolute atomic E-state index is 0.267. The van der Waals surface area contributed by atoms with Gasteiger partial charge in [-0.25, -0.2) is 9.78 Å². The molecule has 0 amide bonds. The van der Waals surface area contributed by atoms with E-state index in [1.807, 2.05) is 13.0 Å². The van der Waals surface area contributed by atoms with Crippen LogP contribution in [0.2, 0.25) is 5.02 Å². The number of rotatable bonds is 6. The van der Waals surface area contributed by atoms with Gasteiger partial charge in [0.2, 0.25) is 0 Å². The lowest BCUT2D eigenvalue weighted by Crippen LogP contribution is -2.25. The number of aryl methyl sites for hydroxylation is 1. The lowest BCUT2D eigenvalue weighted by Gasteiger charge is -2.15. The van der Waals surface area contributed by atoms with E-state index in [1.165, 1.54) is 18.0 Å². The largest absolute Gasteiger partial charge is 0.476 e. The van der Waals surface area contributed by atoms with Crippen molar-refractivity contribution in [1.29, 1.82) is 0 Å². The first-order valence-corrected chi connectivity index (χ1v) is 11.2. The highest BCUT2D eigenvalue weighted by atomic mass is 79.9. The summed E-state index contributed by atoms with van der Waals surface area (Å²) in [6, 6.07) is 8.69. The van der Waals surface area contributed by atoms with Crippen molar-refractivity contribution in [3.63, 3.8) is 0 Å². The third-order valence-corrected chi connectivity index (χ3v) is 5.73. The normalized spacial score (nSPS) is 12.3. The molecule has 1 atom stereocenters. The van der Waals surface area contributed by atoms with Gasteiger partial charge < -0.3 is 9.47 Å². The van der Waals surface area contributed by atoms with Crippen LogP contribution in [0.25, 0.3) is 10.9 Å². The molecule has 0 fully saturated rings. The minimum atomic E-state index is -0.827. The molecule has 10 heteroatoms. The van der Waals surface area contributed by atoms with Gasteiger partial charge in [-0.05, 0) is 58.7 Å². The topological polar surface area (TPSA) is 82.8 Å². The van der Waals surface area contributed by atoms with E-state index in [0.29, 0.717) is 38.9 Å². The Hall–Kier alpha value is -2.23. The van der Waals surface area contributed by atoms with Crippen molar-refractivity contribution in [3.05, 3.63) is 66.0 Å². The SMILES string of the molecule is CCc1nc2ccc(Br)cc2c(=O)n1N=Cc1cc(Cl)c(O[C@H](C)C(=O)OC)c(Br)c1. The fourth-order valence-corrected chi connectivity index (χ4v) is 4.14. The zero-order valence-corrected chi connectivity index (χ0v) is 20.8. The minimum Gasteiger partial charge on any atom is -0.476 e. The number of carbonyl (C=O) groups excluding carboxylic acids is 1. The van der Waals surface area contributed by atoms with Crippen LogP contribution in [0.3, 0.4) is 0 Å². The van der Waals surface area contributed by atoms with Gasteiger partial charge in [-0.2, -0.15) is 9.78 Å². The van der Waals surface area contributed by atoms with E-state index in [4.69, 9.17) is 16.3 Å². The Morgan fingerprint density at radius 3 is 2.71 bits per heavy atom. The number of benzene rings is 2. The van der Waals surface area contributed by atoms with Crippen LogP contribution in [0.4, 0.5) is 0 Å². The number of carbonyl (C=O) groups is 1. The molecule has 2 aromatic carbocycles. The summed E-state index contributed by atoms with van der Waals surface area (Å²) in [6.45, 7) is 3.47. The van der Waals surface area contributed by atoms with E-state index in [1.54, 1.807) is 31.2 Å². The van der Waals surface area contributed by atoms with Crippen LogP contribution in [0, 0.1) is 0 Å². The fraction of sp³-hybridized carbons (Fsp3) is 0.238. The quantitative estimate of drug-likeness (QED) is 0.309. The Morgan fingerprint density at radius 1 is 1.32 bits per heavy atom. The van der Waals surface area contributed by atoms with Gasteiger partial charge in [-0.15, -0.1) is 0 Å². The van der Waals surface area contributed by atoms with E-state index in [9.17, 15) is 9.59 Å². The average molecular weight is 572 g/mol. The molecule has 0 saturated heterocycles. The van der Waals surface area contributed by atoms with Crippen LogP contribution in [0.5, 0.6) is 5.75 Å². The molecule has 31 heavy (non-hydrogen) atoms. The summed E-state index contributed by atoms with van der Waals surface area (Å²) in [6.07, 6.45) is 1.21. The standard InChI is InChI=1S/C21H18Br2ClN3O4/c1-4-18-26-17-6-5-13(22)9-14(17)20(28)27(18)25-10-12-7-15(23)19(16(24)8-12)31-11(2)21(29)30-3/h5-11H,4H2,1-3H3/t11-/m1/s1. The Balaban J connectivity index is 1.98. The van der Waals surface area contributed by atoms with Crippen molar-refractivity contribution in [1.82, 2.24) is 9.66 Å². The van der Waals surface area contributed by atoms with Crippen molar-refractivity contribution in [2.45, 2.75) is 26.4 Å². The van der Waals surface area contributed by atoms with Crippen LogP contribution >= 0.6 is 43.5 Å². The van der Waals surface area contributed by atoms with E-state index in [0.717, 1.165) is 4.47 Å². The molecule has 3 aromatic rings. The smallest absolute Gasteiger partial charge is 0.346 e. The first kappa shape index (κ1) is 23.4. The number of nitrogens with zero attached hydrogens (tertiary/aromatic N) is 3. The van der Waals surface area contributed by atoms with Crippen LogP contribution < -0.4 is 10.3 Å². The molecule has 0 bridgehead atoms. The first-order valence-electron chi connectivity index (χ1n) is 9.24. The molecular formula is C21H18Br2ClN3O4. The molecule has 0 spiro atoms. The van der Waals surface area contributed by atoms with Crippen LogP contribution in [-0.4, -0.2) is 35.1 Å². The number of methoxy groups -OCH3 is 1. The monoisotopic (exact) mass is 569 g/mol. The molecule has 0 aliphatic carbocycles. The number of hydrogen-bond acceptors (Lipinski definition) is 6. The maximum absolute atomic E-state index is 13.0. The van der Waals surface area contributed by atoms with Gasteiger partial charge in [0.15, 0.2) is 11.9 Å². The van der Waals surface area contributed by atoms with Crippen LogP contribution in [0.15, 0.2) is 49.2 Å². The van der Waals surface area contributed by atoms with E-state index < -0.39 is 12.1 Å². The summed E-state index contributed by atoms with van der Waals surface area (Å²) in [4.78, 5) is 29.1. The number of halogens is 3. The first-order chi connectivity index (χ1) is 14.7. The maximum Gasteiger partial charge on any atom is 0.346 e. The second-order valence-corrected chi connectivity index (χ2v) is 8.68. The molecule has 0 radical (unpaired) electrons. The second-order valence-electron chi connectivity index (χ2n) is 6.50. The summed E-state index contributed by atoms with van der Waals surface area (Å²) in [7, 11) is 1.28. The summed E-state index contributed by atoms with van der Waals surface area (Å²) < 4.78 is 12.8. The van der Waals surface area contributed by atoms with Gasteiger partial charge in [0.1, 0.15) is 5.82 Å². The maximum atomic E-state index is 13.0. The van der Waals surface area contributed by atoms with Crippen LogP contribution in [-0.2, 0) is 16.0 Å². The molecule has 1 aromatic heterocycles. The molecule has 0 aliphatic rings. The Morgan fingerprint density at radius 2 is 2.06 bits per heavy atom. The van der Waals surface area contributed by atoms with Crippen molar-refractivity contribution in [3.8, 4) is 5.75 Å². The Kier molecular flexibility index (Phi) is 7.51. The zero-order chi connectivity index (χ0) is 22.7. The predicted octanol–water partition coefficient (Wildman–Crippen LogP) is 4.96. The van der Waals surface area contributed by atoms with Gasteiger partial charge >= 0.3 is 5.97 Å². The number of hydrogen-bond donors (Lipinski definition) is 0. The lowest BCUT2D eigenvalue weighted by molar-refractivity contribution is -0.147. The summed E-state index contributed by atoms with van der Waals surface area (Å²) in [5.74, 6) is 0.323. The van der Waals surface area contributed by atoms with Crippen molar-refractivity contribution in [2.24, 2.45) is 5.10 Å². The van der Waals surface area contributed by atoms with Crippen molar-refractivity contribution in [2.75, 3.05) is 7.11 Å². The zero-order valence-electron chi connectivity index (χ0n) is 16.9.